The monoisotopic (exact) mass is 677 g/mol. The van der Waals surface area contributed by atoms with Gasteiger partial charge in [-0.05, 0) is 66.8 Å². The lowest BCUT2D eigenvalue weighted by molar-refractivity contribution is -0.116. The molecule has 0 fully saturated rings. The molecule has 0 spiro atoms. The number of thioether (sulfide) groups is 1. The summed E-state index contributed by atoms with van der Waals surface area (Å²) in [7, 11) is 0. The summed E-state index contributed by atoms with van der Waals surface area (Å²) < 4.78 is 3.09. The van der Waals surface area contributed by atoms with E-state index in [-0.39, 0.29) is 42.2 Å². The van der Waals surface area contributed by atoms with Crippen LogP contribution < -0.4 is 21.9 Å². The van der Waals surface area contributed by atoms with Crippen LogP contribution in [0.15, 0.2) is 87.5 Å². The molecule has 0 aliphatic heterocycles. The first-order valence-electron chi connectivity index (χ1n) is 14.6. The number of halogens is 2. The van der Waals surface area contributed by atoms with Gasteiger partial charge in [0, 0.05) is 22.2 Å². The molecule has 5 aromatic rings. The molecule has 3 aromatic carbocycles. The molecule has 0 aliphatic rings. The molecule has 0 saturated heterocycles. The van der Waals surface area contributed by atoms with Gasteiger partial charge in [0.1, 0.15) is 5.82 Å². The molecule has 2 aromatic heterocycles. The third-order valence-electron chi connectivity index (χ3n) is 7.37. The van der Waals surface area contributed by atoms with E-state index in [0.717, 1.165) is 16.7 Å². The van der Waals surface area contributed by atoms with E-state index in [1.165, 1.54) is 21.2 Å². The van der Waals surface area contributed by atoms with Crippen molar-refractivity contribution in [1.29, 1.82) is 0 Å². The topological polar surface area (TPSA) is 132 Å². The minimum Gasteiger partial charge on any atom is -0.383 e. The third kappa shape index (κ3) is 7.38. The number of aromatic nitrogens is 5. The van der Waals surface area contributed by atoms with Crippen molar-refractivity contribution in [2.24, 2.45) is 5.92 Å². The number of nitrogens with two attached hydrogens (primary N) is 1. The van der Waals surface area contributed by atoms with Crippen molar-refractivity contribution < 1.29 is 4.79 Å². The molecule has 0 unspecified atom stereocenters. The van der Waals surface area contributed by atoms with Crippen LogP contribution in [0.25, 0.3) is 17.1 Å². The molecule has 5 rings (SSSR count). The van der Waals surface area contributed by atoms with E-state index in [2.05, 4.69) is 15.2 Å². The number of hydrogen-bond donors (Lipinski definition) is 2. The molecule has 0 radical (unpaired) electrons. The van der Waals surface area contributed by atoms with Gasteiger partial charge in [-0.2, -0.15) is 0 Å². The van der Waals surface area contributed by atoms with Crippen LogP contribution >= 0.6 is 35.0 Å². The number of nitrogens with zero attached hydrogens (tertiary/aromatic N) is 5. The highest BCUT2D eigenvalue weighted by molar-refractivity contribution is 7.99. The van der Waals surface area contributed by atoms with Crippen LogP contribution in [0.3, 0.4) is 0 Å². The maximum absolute atomic E-state index is 14.0. The Morgan fingerprint density at radius 1 is 1.02 bits per heavy atom. The SMILES string of the molecule is Cc1ccc(-n2c(SCC(=O)N(CCC(C)C)c3c(N)n(Cc4ccccc4)c(=O)[nH]c3=O)nnc2-c2ccc(Cl)cc2)cc1Cl. The zero-order valence-electron chi connectivity index (χ0n) is 25.5. The fraction of sp³-hybridized carbons (Fsp3) is 0.242. The Kier molecular flexibility index (Phi) is 10.4. The summed E-state index contributed by atoms with van der Waals surface area (Å²) in [5.74, 6) is 0.221. The lowest BCUT2D eigenvalue weighted by atomic mass is 10.1. The zero-order valence-corrected chi connectivity index (χ0v) is 27.9. The van der Waals surface area contributed by atoms with Crippen LogP contribution in [-0.4, -0.2) is 42.5 Å². The first-order chi connectivity index (χ1) is 22.0. The summed E-state index contributed by atoms with van der Waals surface area (Å²) in [5, 5.41) is 10.5. The number of amides is 1. The molecule has 2 heterocycles. The van der Waals surface area contributed by atoms with Crippen molar-refractivity contribution >= 4 is 52.4 Å². The molecule has 46 heavy (non-hydrogen) atoms. The van der Waals surface area contributed by atoms with Crippen LogP contribution in [0.2, 0.25) is 10.0 Å². The predicted molar refractivity (Wildman–Crippen MR) is 185 cm³/mol. The van der Waals surface area contributed by atoms with Gasteiger partial charge in [-0.1, -0.05) is 85.2 Å². The number of nitrogen functional groups attached to an aromatic ring is 1. The van der Waals surface area contributed by atoms with Crippen LogP contribution in [0.4, 0.5) is 11.5 Å². The van der Waals surface area contributed by atoms with Crippen LogP contribution in [0.5, 0.6) is 0 Å². The van der Waals surface area contributed by atoms with Crippen molar-refractivity contribution in [3.05, 3.63) is 115 Å². The Hall–Kier alpha value is -4.32. The van der Waals surface area contributed by atoms with E-state index < -0.39 is 11.2 Å². The Balaban J connectivity index is 1.51. The molecule has 0 saturated carbocycles. The number of aromatic amines is 1. The number of hydrogen-bond acceptors (Lipinski definition) is 7. The molecule has 238 valence electrons. The van der Waals surface area contributed by atoms with E-state index >= 15 is 0 Å². The van der Waals surface area contributed by atoms with Crippen molar-refractivity contribution in [1.82, 2.24) is 24.3 Å². The highest BCUT2D eigenvalue weighted by atomic mass is 35.5. The van der Waals surface area contributed by atoms with Gasteiger partial charge in [-0.3, -0.25) is 23.7 Å². The lowest BCUT2D eigenvalue weighted by Crippen LogP contribution is -2.42. The molecule has 13 heteroatoms. The number of anilines is 2. The van der Waals surface area contributed by atoms with Gasteiger partial charge < -0.3 is 10.6 Å². The smallest absolute Gasteiger partial charge is 0.330 e. The molecule has 10 nitrogen and oxygen atoms in total. The van der Waals surface area contributed by atoms with Crippen LogP contribution in [-0.2, 0) is 11.3 Å². The second-order valence-electron chi connectivity index (χ2n) is 11.2. The van der Waals surface area contributed by atoms with E-state index in [1.807, 2.05) is 86.0 Å². The van der Waals surface area contributed by atoms with Gasteiger partial charge in [-0.15, -0.1) is 10.2 Å². The highest BCUT2D eigenvalue weighted by Gasteiger charge is 2.26. The lowest BCUT2D eigenvalue weighted by Gasteiger charge is -2.25. The maximum Gasteiger partial charge on any atom is 0.330 e. The van der Waals surface area contributed by atoms with Crippen molar-refractivity contribution in [3.8, 4) is 17.1 Å². The molecule has 0 aliphatic carbocycles. The summed E-state index contributed by atoms with van der Waals surface area (Å²) in [4.78, 5) is 43.7. The summed E-state index contributed by atoms with van der Waals surface area (Å²) in [6.45, 7) is 6.31. The second-order valence-corrected chi connectivity index (χ2v) is 12.9. The van der Waals surface area contributed by atoms with E-state index in [0.29, 0.717) is 33.1 Å². The number of carbonyl (C=O) groups excluding carboxylic acids is 1. The van der Waals surface area contributed by atoms with Crippen molar-refractivity contribution in [2.45, 2.75) is 38.9 Å². The Bertz CT molecular complexity index is 1970. The minimum absolute atomic E-state index is 0.0598. The molecular formula is C33H33Cl2N7O3S. The van der Waals surface area contributed by atoms with Gasteiger partial charge in [0.15, 0.2) is 16.7 Å². The van der Waals surface area contributed by atoms with Crippen molar-refractivity contribution in [3.63, 3.8) is 0 Å². The fourth-order valence-corrected chi connectivity index (χ4v) is 5.95. The first-order valence-corrected chi connectivity index (χ1v) is 16.3. The van der Waals surface area contributed by atoms with Gasteiger partial charge in [0.05, 0.1) is 18.0 Å². The van der Waals surface area contributed by atoms with Gasteiger partial charge >= 0.3 is 5.69 Å². The minimum atomic E-state index is -0.726. The fourth-order valence-electron chi connectivity index (χ4n) is 4.82. The Morgan fingerprint density at radius 3 is 2.41 bits per heavy atom. The number of benzene rings is 3. The number of H-pyrrole nitrogens is 1. The van der Waals surface area contributed by atoms with Crippen LogP contribution in [0.1, 0.15) is 31.4 Å². The third-order valence-corrected chi connectivity index (χ3v) is 8.95. The number of nitrogens with one attached hydrogen (secondary N) is 1. The zero-order chi connectivity index (χ0) is 33.0. The number of aryl methyl sites for hydroxylation is 1. The van der Waals surface area contributed by atoms with E-state index in [1.54, 1.807) is 12.1 Å². The van der Waals surface area contributed by atoms with Gasteiger partial charge in [0.25, 0.3) is 5.56 Å². The molecule has 3 N–H and O–H groups in total. The standard InChI is InChI=1S/C33H33Cl2N7O3S/c1-20(2)15-16-40(28-29(36)41(32(45)37-31(28)44)18-22-7-5-4-6-8-22)27(43)19-46-33-39-38-30(23-10-12-24(34)13-11-23)42(33)25-14-9-21(3)26(35)17-25/h4-14,17,20H,15-16,18-19,36H2,1-3H3,(H,37,44,45). The summed E-state index contributed by atoms with van der Waals surface area (Å²) >= 11 is 13.8. The first kappa shape index (κ1) is 33.1. The highest BCUT2D eigenvalue weighted by Crippen LogP contribution is 2.31. The average molecular weight is 679 g/mol. The molecule has 1 amide bonds. The summed E-state index contributed by atoms with van der Waals surface area (Å²) in [6, 6.07) is 22.1. The van der Waals surface area contributed by atoms with E-state index in [9.17, 15) is 14.4 Å². The number of carbonyl (C=O) groups is 1. The molecular weight excluding hydrogens is 645 g/mol. The summed E-state index contributed by atoms with van der Waals surface area (Å²) in [5.41, 5.74) is 8.26. The van der Waals surface area contributed by atoms with Crippen LogP contribution in [0, 0.1) is 12.8 Å². The number of rotatable bonds is 11. The van der Waals surface area contributed by atoms with Gasteiger partial charge in [0.2, 0.25) is 5.91 Å². The van der Waals surface area contributed by atoms with E-state index in [4.69, 9.17) is 28.9 Å². The Labute approximate surface area is 280 Å². The van der Waals surface area contributed by atoms with Gasteiger partial charge in [-0.25, -0.2) is 4.79 Å². The molecule has 0 bridgehead atoms. The second kappa shape index (κ2) is 14.4. The van der Waals surface area contributed by atoms with Crippen molar-refractivity contribution in [2.75, 3.05) is 22.9 Å². The Morgan fingerprint density at radius 2 is 1.74 bits per heavy atom. The predicted octanol–water partition coefficient (Wildman–Crippen LogP) is 6.20. The average Bonchev–Trinajstić information content (AvgIpc) is 3.45. The maximum atomic E-state index is 14.0. The normalized spacial score (nSPS) is 11.3. The quantitative estimate of drug-likeness (QED) is 0.159. The largest absolute Gasteiger partial charge is 0.383 e. The molecule has 0 atom stereocenters. The summed E-state index contributed by atoms with van der Waals surface area (Å²) in [6.07, 6.45) is 0.603.